The molecule has 0 radical (unpaired) electrons. The maximum atomic E-state index is 15.0. The highest BCUT2D eigenvalue weighted by molar-refractivity contribution is 6.34. The second-order valence-corrected chi connectivity index (χ2v) is 9.14. The molecule has 33 heavy (non-hydrogen) atoms. The van der Waals surface area contributed by atoms with Gasteiger partial charge in [-0.2, -0.15) is 0 Å². The zero-order chi connectivity index (χ0) is 23.2. The number of nitrogens with one attached hydrogen (secondary N) is 1. The summed E-state index contributed by atoms with van der Waals surface area (Å²) in [6.07, 6.45) is 3.40. The van der Waals surface area contributed by atoms with E-state index in [4.69, 9.17) is 11.6 Å². The van der Waals surface area contributed by atoms with Crippen molar-refractivity contribution >= 4 is 28.2 Å². The highest BCUT2D eigenvalue weighted by Gasteiger charge is 2.43. The van der Waals surface area contributed by atoms with Gasteiger partial charge in [-0.25, -0.2) is 8.78 Å². The van der Waals surface area contributed by atoms with E-state index in [1.165, 1.54) is 18.3 Å². The number of hydrogen-bond donors (Lipinski definition) is 2. The van der Waals surface area contributed by atoms with Crippen molar-refractivity contribution in [2.45, 2.75) is 31.2 Å². The van der Waals surface area contributed by atoms with Gasteiger partial charge in [-0.05, 0) is 43.0 Å². The average Bonchev–Trinajstić information content (AvgIpc) is 3.62. The van der Waals surface area contributed by atoms with Gasteiger partial charge < -0.3 is 10.4 Å². The van der Waals surface area contributed by atoms with Crippen molar-refractivity contribution < 1.29 is 13.9 Å². The van der Waals surface area contributed by atoms with Crippen molar-refractivity contribution in [3.05, 3.63) is 94.6 Å². The SMILES string of the molecule is CC(Nc1c(Cl)cnc2cc(F)c(-c3ccc(C4(CO)CC4)cc3)cc12)c1ccccc1F. The van der Waals surface area contributed by atoms with Crippen molar-refractivity contribution in [3.63, 3.8) is 0 Å². The Bertz CT molecular complexity index is 1340. The molecule has 0 bridgehead atoms. The van der Waals surface area contributed by atoms with Crippen LogP contribution in [0.5, 0.6) is 0 Å². The molecular weight excluding hydrogens is 442 g/mol. The summed E-state index contributed by atoms with van der Waals surface area (Å²) in [5.41, 5.74) is 3.62. The van der Waals surface area contributed by atoms with Crippen LogP contribution < -0.4 is 5.32 Å². The lowest BCUT2D eigenvalue weighted by atomic mass is 9.94. The van der Waals surface area contributed by atoms with Gasteiger partial charge in [-0.1, -0.05) is 54.1 Å². The number of aliphatic hydroxyl groups is 1. The van der Waals surface area contributed by atoms with E-state index in [1.807, 2.05) is 31.2 Å². The molecule has 4 aromatic rings. The van der Waals surface area contributed by atoms with E-state index < -0.39 is 0 Å². The van der Waals surface area contributed by atoms with E-state index in [2.05, 4.69) is 10.3 Å². The summed E-state index contributed by atoms with van der Waals surface area (Å²) in [5.74, 6) is -0.698. The van der Waals surface area contributed by atoms with Crippen molar-refractivity contribution in [2.75, 3.05) is 11.9 Å². The first-order valence-corrected chi connectivity index (χ1v) is 11.3. The zero-order valence-corrected chi connectivity index (χ0v) is 18.8. The largest absolute Gasteiger partial charge is 0.395 e. The van der Waals surface area contributed by atoms with Crippen molar-refractivity contribution in [1.29, 1.82) is 0 Å². The lowest BCUT2D eigenvalue weighted by Crippen LogP contribution is -2.11. The van der Waals surface area contributed by atoms with Crippen LogP contribution in [0.4, 0.5) is 14.5 Å². The number of rotatable bonds is 6. The second-order valence-electron chi connectivity index (χ2n) is 8.73. The fraction of sp³-hybridized carbons (Fsp3) is 0.222. The van der Waals surface area contributed by atoms with Gasteiger partial charge in [0, 0.05) is 34.2 Å². The molecule has 1 saturated carbocycles. The van der Waals surface area contributed by atoms with Crippen LogP contribution in [-0.2, 0) is 5.41 Å². The summed E-state index contributed by atoms with van der Waals surface area (Å²) in [5, 5.41) is 14.0. The minimum absolute atomic E-state index is 0.121. The van der Waals surface area contributed by atoms with Crippen LogP contribution in [0, 0.1) is 11.6 Å². The van der Waals surface area contributed by atoms with Crippen molar-refractivity contribution in [2.24, 2.45) is 0 Å². The third kappa shape index (κ3) is 3.96. The molecule has 0 saturated heterocycles. The first-order valence-electron chi connectivity index (χ1n) is 10.9. The van der Waals surface area contributed by atoms with Gasteiger partial charge in [0.25, 0.3) is 0 Å². The molecule has 1 unspecified atom stereocenters. The molecule has 5 rings (SSSR count). The van der Waals surface area contributed by atoms with Crippen LogP contribution >= 0.6 is 11.6 Å². The van der Waals surface area contributed by atoms with E-state index in [0.717, 1.165) is 24.0 Å². The molecule has 0 spiro atoms. The summed E-state index contributed by atoms with van der Waals surface area (Å²) in [6.45, 7) is 1.97. The molecule has 2 N–H and O–H groups in total. The molecule has 1 heterocycles. The molecule has 168 valence electrons. The van der Waals surface area contributed by atoms with E-state index in [-0.39, 0.29) is 29.7 Å². The van der Waals surface area contributed by atoms with Crippen LogP contribution in [0.1, 0.15) is 36.9 Å². The number of benzene rings is 3. The molecule has 1 fully saturated rings. The number of aromatic nitrogens is 1. The average molecular weight is 465 g/mol. The first-order chi connectivity index (χ1) is 15.9. The number of aliphatic hydroxyl groups excluding tert-OH is 1. The minimum Gasteiger partial charge on any atom is -0.395 e. The normalized spacial score (nSPS) is 15.4. The Labute approximate surface area is 196 Å². The lowest BCUT2D eigenvalue weighted by Gasteiger charge is -2.19. The third-order valence-corrected chi connectivity index (χ3v) is 6.89. The van der Waals surface area contributed by atoms with Crippen molar-refractivity contribution in [3.8, 4) is 11.1 Å². The summed E-state index contributed by atoms with van der Waals surface area (Å²) < 4.78 is 29.3. The van der Waals surface area contributed by atoms with E-state index in [0.29, 0.717) is 32.7 Å². The Morgan fingerprint density at radius 3 is 2.45 bits per heavy atom. The number of anilines is 1. The van der Waals surface area contributed by atoms with Gasteiger partial charge in [0.15, 0.2) is 0 Å². The fourth-order valence-electron chi connectivity index (χ4n) is 4.37. The highest BCUT2D eigenvalue weighted by atomic mass is 35.5. The number of nitrogens with zero attached hydrogens (tertiary/aromatic N) is 1. The minimum atomic E-state index is -0.388. The van der Waals surface area contributed by atoms with Gasteiger partial charge >= 0.3 is 0 Å². The maximum absolute atomic E-state index is 15.0. The summed E-state index contributed by atoms with van der Waals surface area (Å²) in [7, 11) is 0. The van der Waals surface area contributed by atoms with Crippen LogP contribution in [0.25, 0.3) is 22.0 Å². The van der Waals surface area contributed by atoms with Gasteiger partial charge in [0.05, 0.1) is 28.9 Å². The van der Waals surface area contributed by atoms with Crippen molar-refractivity contribution in [1.82, 2.24) is 4.98 Å². The number of fused-ring (bicyclic) bond motifs is 1. The topological polar surface area (TPSA) is 45.2 Å². The van der Waals surface area contributed by atoms with Gasteiger partial charge in [0.1, 0.15) is 11.6 Å². The number of halogens is 3. The molecule has 0 aliphatic heterocycles. The molecule has 1 aromatic heterocycles. The third-order valence-electron chi connectivity index (χ3n) is 6.61. The van der Waals surface area contributed by atoms with Gasteiger partial charge in [0.2, 0.25) is 0 Å². The maximum Gasteiger partial charge on any atom is 0.133 e. The fourth-order valence-corrected chi connectivity index (χ4v) is 4.58. The van der Waals surface area contributed by atoms with E-state index in [9.17, 15) is 9.50 Å². The Balaban J connectivity index is 1.55. The monoisotopic (exact) mass is 464 g/mol. The zero-order valence-electron chi connectivity index (χ0n) is 18.1. The molecule has 3 aromatic carbocycles. The molecule has 6 heteroatoms. The van der Waals surface area contributed by atoms with Crippen LogP contribution in [0.15, 0.2) is 66.9 Å². The first kappa shape index (κ1) is 21.8. The Hall–Kier alpha value is -3.02. The smallest absolute Gasteiger partial charge is 0.133 e. The van der Waals surface area contributed by atoms with Crippen LogP contribution in [-0.4, -0.2) is 16.7 Å². The second kappa shape index (κ2) is 8.40. The standard InChI is InChI=1S/C27H23ClF2N2O/c1-16(19-4-2-3-5-23(19)29)32-26-21-12-20(24(30)13-25(21)31-14-22(26)28)17-6-8-18(9-7-17)27(15-33)10-11-27/h2-9,12-14,16,33H,10-11,15H2,1H3,(H,31,32). The molecule has 0 amide bonds. The van der Waals surface area contributed by atoms with Gasteiger partial charge in [-0.3, -0.25) is 4.98 Å². The van der Waals surface area contributed by atoms with E-state index >= 15 is 4.39 Å². The molecule has 1 aliphatic rings. The van der Waals surface area contributed by atoms with Crippen LogP contribution in [0.3, 0.4) is 0 Å². The Morgan fingerprint density at radius 2 is 1.79 bits per heavy atom. The predicted molar refractivity (Wildman–Crippen MR) is 129 cm³/mol. The summed E-state index contributed by atoms with van der Waals surface area (Å²) >= 11 is 6.47. The van der Waals surface area contributed by atoms with Gasteiger partial charge in [-0.15, -0.1) is 0 Å². The lowest BCUT2D eigenvalue weighted by molar-refractivity contribution is 0.255. The molecular formula is C27H23ClF2N2O. The number of hydrogen-bond acceptors (Lipinski definition) is 3. The highest BCUT2D eigenvalue weighted by Crippen LogP contribution is 2.48. The quantitative estimate of drug-likeness (QED) is 0.322. The summed E-state index contributed by atoms with van der Waals surface area (Å²) in [6, 6.07) is 17.0. The molecule has 1 atom stereocenters. The Kier molecular flexibility index (Phi) is 5.55. The van der Waals surface area contributed by atoms with Crippen LogP contribution in [0.2, 0.25) is 5.02 Å². The van der Waals surface area contributed by atoms with E-state index in [1.54, 1.807) is 24.3 Å². The number of pyridine rings is 1. The molecule has 3 nitrogen and oxygen atoms in total. The Morgan fingerprint density at radius 1 is 1.06 bits per heavy atom. The molecule has 1 aliphatic carbocycles. The summed E-state index contributed by atoms with van der Waals surface area (Å²) in [4.78, 5) is 4.29. The predicted octanol–water partition coefficient (Wildman–Crippen LogP) is 7.03.